The Hall–Kier alpha value is -1.59. The Bertz CT molecular complexity index is 455. The van der Waals surface area contributed by atoms with Crippen molar-refractivity contribution in [2.75, 3.05) is 47.1 Å². The molecule has 0 saturated heterocycles. The predicted molar refractivity (Wildman–Crippen MR) is 96.3 cm³/mol. The van der Waals surface area contributed by atoms with Crippen LogP contribution in [-0.4, -0.2) is 53.0 Å². The maximum Gasteiger partial charge on any atom is 0.190 e. The number of guanidine groups is 1. The quantitative estimate of drug-likeness (QED) is 0.393. The number of benzene rings is 1. The summed E-state index contributed by atoms with van der Waals surface area (Å²) in [6, 6.07) is 6.68. The molecule has 1 rings (SSSR count). The van der Waals surface area contributed by atoms with Crippen molar-refractivity contribution in [2.45, 2.75) is 26.7 Å². The largest absolute Gasteiger partial charge is 0.382 e. The first kappa shape index (κ1) is 19.5. The molecular weight excluding hydrogens is 290 g/mol. The van der Waals surface area contributed by atoms with Gasteiger partial charge < -0.3 is 20.1 Å². The first-order valence-corrected chi connectivity index (χ1v) is 8.24. The van der Waals surface area contributed by atoms with Gasteiger partial charge in [-0.1, -0.05) is 29.3 Å². The predicted octanol–water partition coefficient (Wildman–Crippen LogP) is 2.06. The normalized spacial score (nSPS) is 11.6. The average molecular weight is 321 g/mol. The lowest BCUT2D eigenvalue weighted by Gasteiger charge is -2.12. The Morgan fingerprint density at radius 3 is 2.35 bits per heavy atom. The van der Waals surface area contributed by atoms with Gasteiger partial charge in [0.25, 0.3) is 0 Å². The molecule has 2 N–H and O–H groups in total. The van der Waals surface area contributed by atoms with E-state index in [1.54, 1.807) is 14.2 Å². The van der Waals surface area contributed by atoms with E-state index in [0.29, 0.717) is 13.2 Å². The summed E-state index contributed by atoms with van der Waals surface area (Å²) in [4.78, 5) is 4.24. The van der Waals surface area contributed by atoms with Crippen LogP contribution in [0.5, 0.6) is 0 Å². The monoisotopic (exact) mass is 321 g/mol. The van der Waals surface area contributed by atoms with Crippen LogP contribution in [0.15, 0.2) is 23.2 Å². The molecule has 0 fully saturated rings. The molecule has 0 aliphatic carbocycles. The van der Waals surface area contributed by atoms with Crippen molar-refractivity contribution >= 4 is 5.96 Å². The Kier molecular flexibility index (Phi) is 10.1. The molecule has 0 atom stereocenters. The van der Waals surface area contributed by atoms with Crippen LogP contribution in [-0.2, 0) is 15.9 Å². The summed E-state index contributed by atoms with van der Waals surface area (Å²) in [5.41, 5.74) is 3.99. The summed E-state index contributed by atoms with van der Waals surface area (Å²) >= 11 is 0. The van der Waals surface area contributed by atoms with Gasteiger partial charge in [0.05, 0.1) is 13.2 Å². The van der Waals surface area contributed by atoms with Crippen LogP contribution in [0, 0.1) is 13.8 Å². The molecule has 0 radical (unpaired) electrons. The maximum atomic E-state index is 5.43. The van der Waals surface area contributed by atoms with E-state index in [1.807, 2.05) is 0 Å². The zero-order valence-electron chi connectivity index (χ0n) is 14.9. The summed E-state index contributed by atoms with van der Waals surface area (Å²) in [5.74, 6) is 0.839. The van der Waals surface area contributed by atoms with Gasteiger partial charge in [-0.25, -0.2) is 0 Å². The Labute approximate surface area is 140 Å². The molecule has 5 heteroatoms. The summed E-state index contributed by atoms with van der Waals surface area (Å²) in [7, 11) is 3.47. The van der Waals surface area contributed by atoms with E-state index >= 15 is 0 Å². The smallest absolute Gasteiger partial charge is 0.190 e. The van der Waals surface area contributed by atoms with Gasteiger partial charge >= 0.3 is 0 Å². The number of rotatable bonds is 10. The molecule has 0 aromatic heterocycles. The number of hydrogen-bond donors (Lipinski definition) is 2. The summed E-state index contributed by atoms with van der Waals surface area (Å²) in [5, 5.41) is 6.64. The zero-order chi connectivity index (χ0) is 16.9. The topological polar surface area (TPSA) is 54.9 Å². The Morgan fingerprint density at radius 1 is 1.00 bits per heavy atom. The Balaban J connectivity index is 2.16. The average Bonchev–Trinajstić information content (AvgIpc) is 2.51. The zero-order valence-corrected chi connectivity index (χ0v) is 14.9. The van der Waals surface area contributed by atoms with Gasteiger partial charge in [-0.15, -0.1) is 0 Å². The molecule has 0 bridgehead atoms. The minimum absolute atomic E-state index is 0.648. The molecule has 0 spiro atoms. The number of methoxy groups -OCH3 is 1. The number of nitrogens with zero attached hydrogens (tertiary/aromatic N) is 1. The third-order valence-corrected chi connectivity index (χ3v) is 3.40. The lowest BCUT2D eigenvalue weighted by Crippen LogP contribution is -2.39. The van der Waals surface area contributed by atoms with E-state index in [1.165, 1.54) is 16.7 Å². The fraction of sp³-hybridized carbons (Fsp3) is 0.611. The fourth-order valence-electron chi connectivity index (χ4n) is 2.38. The lowest BCUT2D eigenvalue weighted by molar-refractivity contribution is 0.0698. The van der Waals surface area contributed by atoms with Crippen molar-refractivity contribution < 1.29 is 9.47 Å². The first-order valence-electron chi connectivity index (χ1n) is 8.24. The molecular formula is C18H31N3O2. The molecule has 130 valence electrons. The van der Waals surface area contributed by atoms with Crippen molar-refractivity contribution in [3.05, 3.63) is 34.9 Å². The standard InChI is InChI=1S/C18H31N3O2/c1-15-12-16(2)14-17(13-15)6-8-21-18(19-3)20-7-5-9-23-11-10-22-4/h12-14H,5-11H2,1-4H3,(H2,19,20,21). The van der Waals surface area contributed by atoms with Gasteiger partial charge in [-0.2, -0.15) is 0 Å². The van der Waals surface area contributed by atoms with Crippen molar-refractivity contribution in [2.24, 2.45) is 4.99 Å². The van der Waals surface area contributed by atoms with Crippen molar-refractivity contribution in [3.8, 4) is 0 Å². The highest BCUT2D eigenvalue weighted by molar-refractivity contribution is 5.79. The molecule has 0 heterocycles. The minimum Gasteiger partial charge on any atom is -0.382 e. The van der Waals surface area contributed by atoms with Crippen LogP contribution >= 0.6 is 0 Å². The van der Waals surface area contributed by atoms with Crippen LogP contribution < -0.4 is 10.6 Å². The highest BCUT2D eigenvalue weighted by Gasteiger charge is 1.99. The van der Waals surface area contributed by atoms with Gasteiger partial charge in [0, 0.05) is 33.9 Å². The molecule has 0 unspecified atom stereocenters. The fourth-order valence-corrected chi connectivity index (χ4v) is 2.38. The third kappa shape index (κ3) is 9.21. The second-order valence-corrected chi connectivity index (χ2v) is 5.63. The highest BCUT2D eigenvalue weighted by atomic mass is 16.5. The van der Waals surface area contributed by atoms with E-state index in [9.17, 15) is 0 Å². The first-order chi connectivity index (χ1) is 11.2. The van der Waals surface area contributed by atoms with Gasteiger partial charge in [0.15, 0.2) is 5.96 Å². The number of hydrogen-bond acceptors (Lipinski definition) is 3. The van der Waals surface area contributed by atoms with Crippen LogP contribution in [0.4, 0.5) is 0 Å². The van der Waals surface area contributed by atoms with Crippen molar-refractivity contribution in [1.29, 1.82) is 0 Å². The van der Waals surface area contributed by atoms with Crippen LogP contribution in [0.1, 0.15) is 23.1 Å². The van der Waals surface area contributed by atoms with Gasteiger partial charge in [-0.05, 0) is 32.3 Å². The van der Waals surface area contributed by atoms with Gasteiger partial charge in [-0.3, -0.25) is 4.99 Å². The molecule has 1 aromatic rings. The minimum atomic E-state index is 0.648. The summed E-state index contributed by atoms with van der Waals surface area (Å²) < 4.78 is 10.4. The number of ether oxygens (including phenoxy) is 2. The molecule has 0 saturated carbocycles. The number of aryl methyl sites for hydroxylation is 2. The lowest BCUT2D eigenvalue weighted by atomic mass is 10.1. The third-order valence-electron chi connectivity index (χ3n) is 3.40. The van der Waals surface area contributed by atoms with Crippen molar-refractivity contribution in [3.63, 3.8) is 0 Å². The maximum absolute atomic E-state index is 5.43. The molecule has 0 amide bonds. The molecule has 23 heavy (non-hydrogen) atoms. The van der Waals surface area contributed by atoms with Crippen LogP contribution in [0.25, 0.3) is 0 Å². The number of nitrogens with one attached hydrogen (secondary N) is 2. The van der Waals surface area contributed by atoms with E-state index in [0.717, 1.165) is 38.5 Å². The highest BCUT2D eigenvalue weighted by Crippen LogP contribution is 2.08. The SMILES string of the molecule is CN=C(NCCCOCCOC)NCCc1cc(C)cc(C)c1. The van der Waals surface area contributed by atoms with Crippen LogP contribution in [0.2, 0.25) is 0 Å². The molecule has 0 aliphatic heterocycles. The van der Waals surface area contributed by atoms with Gasteiger partial charge in [0.1, 0.15) is 0 Å². The van der Waals surface area contributed by atoms with E-state index in [-0.39, 0.29) is 0 Å². The van der Waals surface area contributed by atoms with E-state index in [2.05, 4.69) is 47.7 Å². The summed E-state index contributed by atoms with van der Waals surface area (Å²) in [6.07, 6.45) is 1.94. The summed E-state index contributed by atoms with van der Waals surface area (Å²) in [6.45, 7) is 8.02. The number of aliphatic imine (C=N–C) groups is 1. The molecule has 0 aliphatic rings. The molecule has 5 nitrogen and oxygen atoms in total. The molecule has 1 aromatic carbocycles. The second kappa shape index (κ2) is 11.9. The second-order valence-electron chi connectivity index (χ2n) is 5.63. The van der Waals surface area contributed by atoms with Gasteiger partial charge in [0.2, 0.25) is 0 Å². The van der Waals surface area contributed by atoms with E-state index < -0.39 is 0 Å². The van der Waals surface area contributed by atoms with Crippen molar-refractivity contribution in [1.82, 2.24) is 10.6 Å². The van der Waals surface area contributed by atoms with Crippen LogP contribution in [0.3, 0.4) is 0 Å². The van der Waals surface area contributed by atoms with E-state index in [4.69, 9.17) is 9.47 Å². The Morgan fingerprint density at radius 2 is 1.70 bits per heavy atom.